The quantitative estimate of drug-likeness (QED) is 0.476. The lowest BCUT2D eigenvalue weighted by Gasteiger charge is -2.55. The van der Waals surface area contributed by atoms with E-state index < -0.39 is 0 Å². The molecule has 1 aromatic carbocycles. The van der Waals surface area contributed by atoms with Crippen molar-refractivity contribution in [3.8, 4) is 5.75 Å². The Morgan fingerprint density at radius 1 is 1.00 bits per heavy atom. The number of aromatic nitrogens is 1. The van der Waals surface area contributed by atoms with E-state index in [-0.39, 0.29) is 5.41 Å². The number of aryl methyl sites for hydroxylation is 1. The van der Waals surface area contributed by atoms with Crippen molar-refractivity contribution in [2.24, 2.45) is 23.2 Å². The number of carbonyl (C=O) groups is 1. The average Bonchev–Trinajstić information content (AvgIpc) is 3.07. The van der Waals surface area contributed by atoms with Gasteiger partial charge >= 0.3 is 0 Å². The first kappa shape index (κ1) is 18.2. The molecule has 0 amide bonds. The van der Waals surface area contributed by atoms with Gasteiger partial charge in [0.15, 0.2) is 5.78 Å². The molecule has 0 spiro atoms. The number of ether oxygens (including phenoxy) is 1. The zero-order chi connectivity index (χ0) is 20.3. The van der Waals surface area contributed by atoms with Gasteiger partial charge in [0, 0.05) is 11.6 Å². The van der Waals surface area contributed by atoms with Crippen molar-refractivity contribution < 1.29 is 9.53 Å². The van der Waals surface area contributed by atoms with Crippen LogP contribution in [0.2, 0.25) is 0 Å². The second-order valence-corrected chi connectivity index (χ2v) is 10.1. The summed E-state index contributed by atoms with van der Waals surface area (Å²) in [5, 5.41) is 0. The first-order valence-corrected chi connectivity index (χ1v) is 11.4. The molecule has 0 aliphatic heterocycles. The van der Waals surface area contributed by atoms with Crippen LogP contribution in [0.25, 0.3) is 5.52 Å². The summed E-state index contributed by atoms with van der Waals surface area (Å²) in [4.78, 5) is 14.0. The molecule has 30 heavy (non-hydrogen) atoms. The third kappa shape index (κ3) is 2.82. The summed E-state index contributed by atoms with van der Waals surface area (Å²) < 4.78 is 8.26. The predicted octanol–water partition coefficient (Wildman–Crippen LogP) is 6.23. The third-order valence-electron chi connectivity index (χ3n) is 7.93. The van der Waals surface area contributed by atoms with Crippen molar-refractivity contribution in [3.05, 3.63) is 71.5 Å². The maximum absolute atomic E-state index is 14.0. The molecule has 2 aromatic heterocycles. The number of benzene rings is 1. The van der Waals surface area contributed by atoms with Gasteiger partial charge in [-0.15, -0.1) is 0 Å². The van der Waals surface area contributed by atoms with E-state index >= 15 is 0 Å². The number of hydrogen-bond donors (Lipinski definition) is 0. The van der Waals surface area contributed by atoms with Crippen LogP contribution in [0.1, 0.15) is 60.1 Å². The van der Waals surface area contributed by atoms with Gasteiger partial charge in [-0.1, -0.05) is 30.3 Å². The molecule has 4 aliphatic carbocycles. The Morgan fingerprint density at radius 2 is 1.67 bits per heavy atom. The second-order valence-electron chi connectivity index (χ2n) is 10.1. The van der Waals surface area contributed by atoms with Crippen LogP contribution < -0.4 is 4.74 Å². The summed E-state index contributed by atoms with van der Waals surface area (Å²) in [6.45, 7) is 2.62. The Labute approximate surface area is 178 Å². The highest BCUT2D eigenvalue weighted by molar-refractivity contribution is 6.02. The highest BCUT2D eigenvalue weighted by Gasteiger charge is 2.55. The van der Waals surface area contributed by atoms with E-state index in [2.05, 4.69) is 29.5 Å². The van der Waals surface area contributed by atoms with E-state index in [1.54, 1.807) is 0 Å². The van der Waals surface area contributed by atoms with Crippen molar-refractivity contribution >= 4 is 11.3 Å². The number of rotatable bonds is 5. The van der Waals surface area contributed by atoms with Crippen LogP contribution in [0.15, 0.2) is 54.7 Å². The lowest BCUT2D eigenvalue weighted by atomic mass is 9.48. The van der Waals surface area contributed by atoms with Crippen molar-refractivity contribution in [1.82, 2.24) is 4.40 Å². The van der Waals surface area contributed by atoms with E-state index in [1.165, 1.54) is 19.3 Å². The average molecular weight is 400 g/mol. The van der Waals surface area contributed by atoms with Gasteiger partial charge in [0.1, 0.15) is 12.4 Å². The van der Waals surface area contributed by atoms with Crippen LogP contribution in [0.5, 0.6) is 5.75 Å². The molecule has 4 aliphatic rings. The Morgan fingerprint density at radius 3 is 2.33 bits per heavy atom. The fourth-order valence-electron chi connectivity index (χ4n) is 7.09. The normalized spacial score (nSPS) is 29.4. The van der Waals surface area contributed by atoms with E-state index in [0.717, 1.165) is 65.1 Å². The lowest BCUT2D eigenvalue weighted by Crippen LogP contribution is -2.50. The minimum Gasteiger partial charge on any atom is -0.487 e. The fraction of sp³-hybridized carbons (Fsp3) is 0.444. The highest BCUT2D eigenvalue weighted by atomic mass is 16.5. The number of carbonyl (C=O) groups excluding carboxylic acids is 1. The molecule has 4 bridgehead atoms. The molecular weight excluding hydrogens is 370 g/mol. The molecule has 4 fully saturated rings. The summed E-state index contributed by atoms with van der Waals surface area (Å²) in [6, 6.07) is 16.4. The van der Waals surface area contributed by atoms with E-state index in [0.29, 0.717) is 12.4 Å². The van der Waals surface area contributed by atoms with Gasteiger partial charge in [-0.3, -0.25) is 4.79 Å². The van der Waals surface area contributed by atoms with Gasteiger partial charge in [-0.25, -0.2) is 0 Å². The second kappa shape index (κ2) is 6.73. The molecule has 3 aromatic rings. The first-order valence-electron chi connectivity index (χ1n) is 11.4. The number of fused-ring (bicyclic) bond motifs is 1. The number of Topliss-reactive ketones (excluding diaryl/α,β-unsaturated/α-hetero) is 1. The molecule has 0 unspecified atom stereocenters. The molecule has 154 valence electrons. The molecule has 0 atom stereocenters. The van der Waals surface area contributed by atoms with Crippen molar-refractivity contribution in [2.45, 2.75) is 52.1 Å². The largest absolute Gasteiger partial charge is 0.487 e. The Bertz CT molecular complexity index is 1080. The summed E-state index contributed by atoms with van der Waals surface area (Å²) >= 11 is 0. The number of pyridine rings is 1. The van der Waals surface area contributed by atoms with Crippen molar-refractivity contribution in [1.29, 1.82) is 0 Å². The van der Waals surface area contributed by atoms with Crippen LogP contribution in [-0.4, -0.2) is 10.2 Å². The summed E-state index contributed by atoms with van der Waals surface area (Å²) in [5.74, 6) is 3.55. The molecular formula is C27H29NO2. The van der Waals surface area contributed by atoms with Crippen LogP contribution in [0, 0.1) is 30.1 Å². The Hall–Kier alpha value is -2.55. The van der Waals surface area contributed by atoms with Gasteiger partial charge in [-0.2, -0.15) is 0 Å². The summed E-state index contributed by atoms with van der Waals surface area (Å²) in [5.41, 5.74) is 3.99. The topological polar surface area (TPSA) is 30.7 Å². The summed E-state index contributed by atoms with van der Waals surface area (Å²) in [6.07, 6.45) is 9.43. The van der Waals surface area contributed by atoms with Crippen LogP contribution >= 0.6 is 0 Å². The molecule has 3 heteroatoms. The fourth-order valence-corrected chi connectivity index (χ4v) is 7.09. The van der Waals surface area contributed by atoms with Crippen LogP contribution in [0.4, 0.5) is 0 Å². The SMILES string of the molecule is Cc1cc2c(OCc3ccccc3)cccn2c1C(=O)C12CC3CC(CC(C3)C1)C2. The van der Waals surface area contributed by atoms with Gasteiger partial charge in [0.25, 0.3) is 0 Å². The molecule has 4 saturated carbocycles. The van der Waals surface area contributed by atoms with E-state index in [1.807, 2.05) is 36.5 Å². The van der Waals surface area contributed by atoms with Crippen molar-refractivity contribution in [2.75, 3.05) is 0 Å². The number of ketones is 1. The molecule has 2 heterocycles. The van der Waals surface area contributed by atoms with E-state index in [9.17, 15) is 4.79 Å². The third-order valence-corrected chi connectivity index (χ3v) is 7.93. The van der Waals surface area contributed by atoms with Gasteiger partial charge in [-0.05, 0) is 92.5 Å². The Balaban J connectivity index is 1.35. The maximum Gasteiger partial charge on any atom is 0.185 e. The standard InChI is InChI=1S/C27H29NO2/c1-18-10-23-24(30-17-19-6-3-2-4-7-19)8-5-9-28(23)25(18)26(29)27-14-20-11-21(15-27)13-22(12-20)16-27/h2-10,20-22H,11-17H2,1H3. The van der Waals surface area contributed by atoms with Crippen LogP contribution in [-0.2, 0) is 6.61 Å². The summed E-state index contributed by atoms with van der Waals surface area (Å²) in [7, 11) is 0. The number of hydrogen-bond acceptors (Lipinski definition) is 2. The van der Waals surface area contributed by atoms with Crippen molar-refractivity contribution in [3.63, 3.8) is 0 Å². The number of nitrogens with zero attached hydrogens (tertiary/aromatic N) is 1. The predicted molar refractivity (Wildman–Crippen MR) is 118 cm³/mol. The monoisotopic (exact) mass is 399 g/mol. The molecule has 0 N–H and O–H groups in total. The zero-order valence-electron chi connectivity index (χ0n) is 17.6. The molecule has 0 radical (unpaired) electrons. The minimum absolute atomic E-state index is 0.116. The van der Waals surface area contributed by atoms with Gasteiger partial charge in [0.05, 0.1) is 11.2 Å². The van der Waals surface area contributed by atoms with E-state index in [4.69, 9.17) is 4.74 Å². The van der Waals surface area contributed by atoms with Gasteiger partial charge < -0.3 is 9.14 Å². The first-order chi connectivity index (χ1) is 14.6. The van der Waals surface area contributed by atoms with Gasteiger partial charge in [0.2, 0.25) is 0 Å². The molecule has 0 saturated heterocycles. The Kier molecular flexibility index (Phi) is 4.09. The highest BCUT2D eigenvalue weighted by Crippen LogP contribution is 2.61. The molecule has 3 nitrogen and oxygen atoms in total. The zero-order valence-corrected chi connectivity index (χ0v) is 17.6. The maximum atomic E-state index is 14.0. The minimum atomic E-state index is -0.116. The molecule has 7 rings (SSSR count). The van der Waals surface area contributed by atoms with Crippen LogP contribution in [0.3, 0.4) is 0 Å². The smallest absolute Gasteiger partial charge is 0.185 e. The lowest BCUT2D eigenvalue weighted by molar-refractivity contribution is -0.0356.